The minimum Gasteiger partial charge on any atom is -0.369 e. The van der Waals surface area contributed by atoms with Crippen LogP contribution in [0.15, 0.2) is 28.7 Å². The largest absolute Gasteiger partial charge is 0.369 e. The second kappa shape index (κ2) is 8.32. The molecule has 0 aliphatic carbocycles. The topological polar surface area (TPSA) is 66.6 Å². The van der Waals surface area contributed by atoms with Crippen molar-refractivity contribution in [3.8, 4) is 0 Å². The van der Waals surface area contributed by atoms with Crippen molar-refractivity contribution in [2.45, 2.75) is 32.2 Å². The molecular formula is C19H26BrN3O2. The summed E-state index contributed by atoms with van der Waals surface area (Å²) in [6.07, 6.45) is 3.43. The third-order valence-corrected chi connectivity index (χ3v) is 5.91. The van der Waals surface area contributed by atoms with Crippen LogP contribution in [0.1, 0.15) is 31.2 Å². The number of benzene rings is 1. The Morgan fingerprint density at radius 2 is 1.72 bits per heavy atom. The molecule has 5 nitrogen and oxygen atoms in total. The molecule has 6 heteroatoms. The fourth-order valence-corrected chi connectivity index (χ4v) is 4.16. The van der Waals surface area contributed by atoms with E-state index in [-0.39, 0.29) is 23.7 Å². The van der Waals surface area contributed by atoms with Crippen molar-refractivity contribution in [1.29, 1.82) is 0 Å². The van der Waals surface area contributed by atoms with Gasteiger partial charge in [-0.2, -0.15) is 0 Å². The van der Waals surface area contributed by atoms with Crippen LogP contribution in [0.5, 0.6) is 0 Å². The highest BCUT2D eigenvalue weighted by atomic mass is 79.9. The molecule has 25 heavy (non-hydrogen) atoms. The van der Waals surface area contributed by atoms with Crippen LogP contribution in [0.4, 0.5) is 0 Å². The summed E-state index contributed by atoms with van der Waals surface area (Å²) in [7, 11) is 0. The van der Waals surface area contributed by atoms with E-state index in [1.807, 2.05) is 4.90 Å². The number of likely N-dealkylation sites (tertiary alicyclic amines) is 2. The smallest absolute Gasteiger partial charge is 0.226 e. The van der Waals surface area contributed by atoms with Gasteiger partial charge in [-0.25, -0.2) is 0 Å². The van der Waals surface area contributed by atoms with E-state index < -0.39 is 0 Å². The number of nitrogens with zero attached hydrogens (tertiary/aromatic N) is 2. The number of primary amides is 1. The first-order valence-corrected chi connectivity index (χ1v) is 9.87. The molecule has 2 aliphatic heterocycles. The van der Waals surface area contributed by atoms with E-state index in [1.165, 1.54) is 5.56 Å². The maximum atomic E-state index is 12.8. The van der Waals surface area contributed by atoms with E-state index >= 15 is 0 Å². The predicted octanol–water partition coefficient (Wildman–Crippen LogP) is 2.39. The van der Waals surface area contributed by atoms with E-state index in [1.54, 1.807) is 0 Å². The number of halogens is 1. The third kappa shape index (κ3) is 4.82. The molecule has 136 valence electrons. The maximum absolute atomic E-state index is 12.8. The summed E-state index contributed by atoms with van der Waals surface area (Å²) in [5, 5.41) is 0. The second-order valence-corrected chi connectivity index (χ2v) is 8.12. The number of rotatable bonds is 4. The molecular weight excluding hydrogens is 382 g/mol. The van der Waals surface area contributed by atoms with Crippen molar-refractivity contribution in [2.24, 2.45) is 17.6 Å². The van der Waals surface area contributed by atoms with Gasteiger partial charge < -0.3 is 10.6 Å². The molecule has 2 N–H and O–H groups in total. The van der Waals surface area contributed by atoms with Crippen LogP contribution in [0.25, 0.3) is 0 Å². The van der Waals surface area contributed by atoms with Gasteiger partial charge in [-0.3, -0.25) is 14.5 Å². The zero-order valence-corrected chi connectivity index (χ0v) is 16.1. The van der Waals surface area contributed by atoms with Gasteiger partial charge in [0, 0.05) is 36.6 Å². The lowest BCUT2D eigenvalue weighted by Gasteiger charge is -2.37. The van der Waals surface area contributed by atoms with Crippen LogP contribution in [-0.4, -0.2) is 47.8 Å². The van der Waals surface area contributed by atoms with E-state index in [0.29, 0.717) is 25.9 Å². The number of nitrogens with two attached hydrogens (primary N) is 1. The highest BCUT2D eigenvalue weighted by Crippen LogP contribution is 2.24. The number of piperidine rings is 2. The van der Waals surface area contributed by atoms with Crippen molar-refractivity contribution in [1.82, 2.24) is 9.80 Å². The Morgan fingerprint density at radius 1 is 1.04 bits per heavy atom. The molecule has 0 radical (unpaired) electrons. The number of amides is 2. The summed E-state index contributed by atoms with van der Waals surface area (Å²) < 4.78 is 1.09. The standard InChI is InChI=1S/C19H26BrN3O2/c20-17-5-3-14(4-6-17)12-22-9-1-2-16(13-22)19(25)23-10-7-15(8-11-23)18(21)24/h3-6,15-16H,1-2,7-13H2,(H2,21,24). The lowest BCUT2D eigenvalue weighted by molar-refractivity contribution is -0.140. The van der Waals surface area contributed by atoms with Gasteiger partial charge in [-0.15, -0.1) is 0 Å². The van der Waals surface area contributed by atoms with E-state index in [9.17, 15) is 9.59 Å². The number of carbonyl (C=O) groups excluding carboxylic acids is 2. The highest BCUT2D eigenvalue weighted by molar-refractivity contribution is 9.10. The van der Waals surface area contributed by atoms with Crippen molar-refractivity contribution in [3.05, 3.63) is 34.3 Å². The maximum Gasteiger partial charge on any atom is 0.226 e. The van der Waals surface area contributed by atoms with Gasteiger partial charge in [0.25, 0.3) is 0 Å². The molecule has 0 aromatic heterocycles. The van der Waals surface area contributed by atoms with Crippen LogP contribution < -0.4 is 5.73 Å². The van der Waals surface area contributed by atoms with E-state index in [2.05, 4.69) is 45.1 Å². The minimum atomic E-state index is -0.231. The Kier molecular flexibility index (Phi) is 6.12. The van der Waals surface area contributed by atoms with Gasteiger partial charge in [-0.05, 0) is 49.9 Å². The van der Waals surface area contributed by atoms with Crippen molar-refractivity contribution in [3.63, 3.8) is 0 Å². The quantitative estimate of drug-likeness (QED) is 0.832. The average molecular weight is 408 g/mol. The predicted molar refractivity (Wildman–Crippen MR) is 101 cm³/mol. The molecule has 1 aromatic carbocycles. The molecule has 2 fully saturated rings. The number of carbonyl (C=O) groups is 2. The van der Waals surface area contributed by atoms with Gasteiger partial charge in [0.15, 0.2) is 0 Å². The van der Waals surface area contributed by atoms with Gasteiger partial charge in [-0.1, -0.05) is 28.1 Å². The molecule has 1 atom stereocenters. The first-order valence-electron chi connectivity index (χ1n) is 9.08. The lowest BCUT2D eigenvalue weighted by atomic mass is 9.92. The fourth-order valence-electron chi connectivity index (χ4n) is 3.89. The van der Waals surface area contributed by atoms with Gasteiger partial charge in [0.05, 0.1) is 5.92 Å². The van der Waals surface area contributed by atoms with Gasteiger partial charge in [0.1, 0.15) is 0 Å². The van der Waals surface area contributed by atoms with Crippen LogP contribution in [0.3, 0.4) is 0 Å². The first kappa shape index (κ1) is 18.4. The number of hydrogen-bond donors (Lipinski definition) is 1. The van der Waals surface area contributed by atoms with Crippen molar-refractivity contribution in [2.75, 3.05) is 26.2 Å². The molecule has 1 unspecified atom stereocenters. The van der Waals surface area contributed by atoms with Crippen molar-refractivity contribution >= 4 is 27.7 Å². The summed E-state index contributed by atoms with van der Waals surface area (Å²) >= 11 is 3.46. The average Bonchev–Trinajstić information content (AvgIpc) is 2.63. The normalized spacial score (nSPS) is 22.8. The molecule has 2 heterocycles. The highest BCUT2D eigenvalue weighted by Gasteiger charge is 2.32. The van der Waals surface area contributed by atoms with Crippen LogP contribution >= 0.6 is 15.9 Å². The zero-order chi connectivity index (χ0) is 17.8. The SMILES string of the molecule is NC(=O)C1CCN(C(=O)C2CCCN(Cc3ccc(Br)cc3)C2)CC1. The molecule has 2 saturated heterocycles. The second-order valence-electron chi connectivity index (χ2n) is 7.20. The summed E-state index contributed by atoms with van der Waals surface area (Å²) in [6, 6.07) is 8.38. The number of hydrogen-bond acceptors (Lipinski definition) is 3. The molecule has 0 bridgehead atoms. The van der Waals surface area contributed by atoms with E-state index in [4.69, 9.17) is 5.73 Å². The van der Waals surface area contributed by atoms with Crippen LogP contribution in [0.2, 0.25) is 0 Å². The summed E-state index contributed by atoms with van der Waals surface area (Å²) in [5.41, 5.74) is 6.66. The Hall–Kier alpha value is -1.40. The molecule has 1 aromatic rings. The van der Waals surface area contributed by atoms with Gasteiger partial charge in [0.2, 0.25) is 11.8 Å². The van der Waals surface area contributed by atoms with Crippen LogP contribution in [-0.2, 0) is 16.1 Å². The Morgan fingerprint density at radius 3 is 2.36 bits per heavy atom. The van der Waals surface area contributed by atoms with Crippen LogP contribution in [0, 0.1) is 11.8 Å². The van der Waals surface area contributed by atoms with Gasteiger partial charge >= 0.3 is 0 Å². The lowest BCUT2D eigenvalue weighted by Crippen LogP contribution is -2.48. The third-order valence-electron chi connectivity index (χ3n) is 5.38. The molecule has 2 amide bonds. The molecule has 2 aliphatic rings. The summed E-state index contributed by atoms with van der Waals surface area (Å²) in [4.78, 5) is 28.4. The molecule has 3 rings (SSSR count). The molecule has 0 spiro atoms. The Balaban J connectivity index is 1.53. The van der Waals surface area contributed by atoms with E-state index in [0.717, 1.165) is 36.9 Å². The fraction of sp³-hybridized carbons (Fsp3) is 0.579. The minimum absolute atomic E-state index is 0.0655. The monoisotopic (exact) mass is 407 g/mol. The first-order chi connectivity index (χ1) is 12.0. The summed E-state index contributed by atoms with van der Waals surface area (Å²) in [5.74, 6) is 0.0347. The Bertz CT molecular complexity index is 612. The summed E-state index contributed by atoms with van der Waals surface area (Å²) in [6.45, 7) is 4.08. The zero-order valence-electron chi connectivity index (χ0n) is 14.5. The Labute approximate surface area is 157 Å². The van der Waals surface area contributed by atoms with Crippen molar-refractivity contribution < 1.29 is 9.59 Å². The molecule has 0 saturated carbocycles.